The highest BCUT2D eigenvalue weighted by atomic mass is 32.2. The van der Waals surface area contributed by atoms with Crippen molar-refractivity contribution in [1.29, 1.82) is 0 Å². The number of anilines is 1. The minimum Gasteiger partial charge on any atom is -0.445 e. The molecular weight excluding hydrogens is 492 g/mol. The Hall–Kier alpha value is -3.32. The second kappa shape index (κ2) is 13.0. The normalized spacial score (nSPS) is 12.0. The molecule has 3 aromatic rings. The highest BCUT2D eigenvalue weighted by Crippen LogP contribution is 2.24. The summed E-state index contributed by atoms with van der Waals surface area (Å²) < 4.78 is 37.5. The molecule has 186 valence electrons. The molecule has 2 aromatic carbocycles. The van der Waals surface area contributed by atoms with Crippen LogP contribution in [0.15, 0.2) is 66.0 Å². The second-order valence-electron chi connectivity index (χ2n) is 7.52. The lowest BCUT2D eigenvalue weighted by molar-refractivity contribution is -0.118. The zero-order chi connectivity index (χ0) is 25.1. The molecule has 2 amide bonds. The Bertz CT molecular complexity index is 1200. The molecule has 0 spiro atoms. The number of hydrogen-bond donors (Lipinski definition) is 4. The first-order valence-electron chi connectivity index (χ1n) is 10.8. The minimum atomic E-state index is -4.28. The van der Waals surface area contributed by atoms with E-state index in [0.717, 1.165) is 11.1 Å². The van der Waals surface area contributed by atoms with Crippen LogP contribution >= 0.6 is 11.3 Å². The molecule has 1 aromatic heterocycles. The van der Waals surface area contributed by atoms with Gasteiger partial charge in [0.15, 0.2) is 5.13 Å². The highest BCUT2D eigenvalue weighted by Gasteiger charge is 2.22. The van der Waals surface area contributed by atoms with Crippen molar-refractivity contribution in [2.75, 3.05) is 11.9 Å². The van der Waals surface area contributed by atoms with Crippen molar-refractivity contribution in [3.63, 3.8) is 0 Å². The first-order valence-corrected chi connectivity index (χ1v) is 13.1. The van der Waals surface area contributed by atoms with Crippen LogP contribution in [0.25, 0.3) is 11.3 Å². The molecule has 0 saturated heterocycles. The number of nitrogens with one attached hydrogen (secondary N) is 3. The molecule has 10 nitrogen and oxygen atoms in total. The third-order valence-electron chi connectivity index (χ3n) is 4.83. The van der Waals surface area contributed by atoms with Gasteiger partial charge < -0.3 is 15.4 Å². The van der Waals surface area contributed by atoms with Crippen LogP contribution in [-0.2, 0) is 26.4 Å². The number of amides is 2. The third-order valence-corrected chi connectivity index (χ3v) is 6.16. The molecule has 0 aliphatic heterocycles. The van der Waals surface area contributed by atoms with E-state index in [1.54, 1.807) is 0 Å². The van der Waals surface area contributed by atoms with E-state index >= 15 is 0 Å². The average molecular weight is 519 g/mol. The van der Waals surface area contributed by atoms with Crippen LogP contribution in [0, 0.1) is 0 Å². The van der Waals surface area contributed by atoms with Crippen molar-refractivity contribution < 1.29 is 27.3 Å². The lowest BCUT2D eigenvalue weighted by Gasteiger charge is -2.17. The number of nitrogens with zero attached hydrogens (tertiary/aromatic N) is 1. The molecule has 35 heavy (non-hydrogen) atoms. The molecule has 12 heteroatoms. The number of benzene rings is 2. The fourth-order valence-corrected chi connectivity index (χ4v) is 4.24. The van der Waals surface area contributed by atoms with Gasteiger partial charge in [-0.15, -0.1) is 11.3 Å². The first-order chi connectivity index (χ1) is 16.8. The Kier molecular flexibility index (Phi) is 9.73. The van der Waals surface area contributed by atoms with Gasteiger partial charge in [0.2, 0.25) is 5.91 Å². The Morgan fingerprint density at radius 3 is 2.40 bits per heavy atom. The SMILES string of the molecule is O=C(N[C@@H](CCCCNS(=O)(=O)O)C(=O)Nc1nc(-c2ccccc2)cs1)OCc1ccccc1. The van der Waals surface area contributed by atoms with Crippen molar-refractivity contribution in [3.05, 3.63) is 71.6 Å². The van der Waals surface area contributed by atoms with Crippen LogP contribution in [0.1, 0.15) is 24.8 Å². The van der Waals surface area contributed by atoms with Crippen molar-refractivity contribution in [3.8, 4) is 11.3 Å². The number of hydrogen-bond acceptors (Lipinski definition) is 7. The summed E-state index contributed by atoms with van der Waals surface area (Å²) in [6, 6.07) is 17.7. The summed E-state index contributed by atoms with van der Waals surface area (Å²) in [4.78, 5) is 29.7. The van der Waals surface area contributed by atoms with Gasteiger partial charge in [0.05, 0.1) is 5.69 Å². The van der Waals surface area contributed by atoms with E-state index in [9.17, 15) is 18.0 Å². The predicted octanol–water partition coefficient (Wildman–Crippen LogP) is 3.61. The number of carbonyl (C=O) groups excluding carboxylic acids is 2. The number of unbranched alkanes of at least 4 members (excludes halogenated alkanes) is 1. The summed E-state index contributed by atoms with van der Waals surface area (Å²) in [5.41, 5.74) is 2.43. The maximum Gasteiger partial charge on any atom is 0.408 e. The molecule has 0 aliphatic rings. The van der Waals surface area contributed by atoms with Crippen LogP contribution in [0.4, 0.5) is 9.93 Å². The van der Waals surface area contributed by atoms with Gasteiger partial charge in [-0.25, -0.2) is 9.78 Å². The summed E-state index contributed by atoms with van der Waals surface area (Å²) in [7, 11) is -4.28. The Balaban J connectivity index is 1.59. The molecule has 0 unspecified atom stereocenters. The van der Waals surface area contributed by atoms with E-state index in [0.29, 0.717) is 23.7 Å². The Morgan fingerprint density at radius 2 is 1.71 bits per heavy atom. The average Bonchev–Trinajstić information content (AvgIpc) is 3.31. The van der Waals surface area contributed by atoms with Gasteiger partial charge in [-0.1, -0.05) is 60.7 Å². The van der Waals surface area contributed by atoms with E-state index in [1.807, 2.05) is 70.8 Å². The van der Waals surface area contributed by atoms with Crippen LogP contribution < -0.4 is 15.4 Å². The predicted molar refractivity (Wildman–Crippen MR) is 133 cm³/mol. The molecule has 1 heterocycles. The van der Waals surface area contributed by atoms with E-state index in [1.165, 1.54) is 11.3 Å². The van der Waals surface area contributed by atoms with Gasteiger partial charge in [-0.3, -0.25) is 9.35 Å². The van der Waals surface area contributed by atoms with Crippen molar-refractivity contribution >= 4 is 38.8 Å². The van der Waals surface area contributed by atoms with Gasteiger partial charge in [0, 0.05) is 17.5 Å². The Morgan fingerprint density at radius 1 is 1.03 bits per heavy atom. The summed E-state index contributed by atoms with van der Waals surface area (Å²) in [5.74, 6) is -0.474. The zero-order valence-corrected chi connectivity index (χ0v) is 20.3. The van der Waals surface area contributed by atoms with Crippen molar-refractivity contribution in [2.24, 2.45) is 0 Å². The first kappa shape index (κ1) is 26.3. The fraction of sp³-hybridized carbons (Fsp3) is 0.261. The van der Waals surface area contributed by atoms with Gasteiger partial charge in [-0.05, 0) is 24.8 Å². The number of carbonyl (C=O) groups is 2. The number of alkyl carbamates (subject to hydrolysis) is 1. The van der Waals surface area contributed by atoms with E-state index in [4.69, 9.17) is 9.29 Å². The molecule has 0 saturated carbocycles. The molecule has 4 N–H and O–H groups in total. The molecule has 0 fully saturated rings. The van der Waals surface area contributed by atoms with Crippen molar-refractivity contribution in [1.82, 2.24) is 15.0 Å². The molecule has 0 bridgehead atoms. The van der Waals surface area contributed by atoms with Gasteiger partial charge in [-0.2, -0.15) is 13.1 Å². The molecule has 3 rings (SSSR count). The van der Waals surface area contributed by atoms with E-state index < -0.39 is 28.3 Å². The smallest absolute Gasteiger partial charge is 0.408 e. The summed E-state index contributed by atoms with van der Waals surface area (Å²) in [6.45, 7) is 0.0464. The largest absolute Gasteiger partial charge is 0.445 e. The van der Waals surface area contributed by atoms with Gasteiger partial charge in [0.1, 0.15) is 12.6 Å². The van der Waals surface area contributed by atoms with E-state index in [-0.39, 0.29) is 19.6 Å². The summed E-state index contributed by atoms with van der Waals surface area (Å²) >= 11 is 1.26. The standard InChI is InChI=1S/C23H26N4O6S2/c28-21(27-22-25-20(16-34-22)18-11-5-2-6-12-18)19(13-7-8-14-24-35(30,31)32)26-23(29)33-15-17-9-3-1-4-10-17/h1-6,9-12,16,19,24H,7-8,13-15H2,(H,26,29)(H,25,27,28)(H,30,31,32)/t19-/m0/s1. The quantitative estimate of drug-likeness (QED) is 0.212. The van der Waals surface area contributed by atoms with Gasteiger partial charge in [0.25, 0.3) is 0 Å². The van der Waals surface area contributed by atoms with E-state index in [2.05, 4.69) is 15.6 Å². The fourth-order valence-electron chi connectivity index (χ4n) is 3.12. The second-order valence-corrected chi connectivity index (χ2v) is 9.61. The van der Waals surface area contributed by atoms with Crippen LogP contribution in [0.2, 0.25) is 0 Å². The monoisotopic (exact) mass is 518 g/mol. The maximum absolute atomic E-state index is 12.9. The summed E-state index contributed by atoms with van der Waals surface area (Å²) in [6.07, 6.45) is 0.206. The highest BCUT2D eigenvalue weighted by molar-refractivity contribution is 7.83. The van der Waals surface area contributed by atoms with Crippen LogP contribution in [0.3, 0.4) is 0 Å². The maximum atomic E-state index is 12.9. The number of rotatable bonds is 12. The zero-order valence-electron chi connectivity index (χ0n) is 18.7. The third kappa shape index (κ3) is 9.45. The molecule has 1 atom stereocenters. The Labute approximate surface area is 207 Å². The molecular formula is C23H26N4O6S2. The minimum absolute atomic E-state index is 0.00145. The lowest BCUT2D eigenvalue weighted by atomic mass is 10.1. The summed E-state index contributed by atoms with van der Waals surface area (Å²) in [5, 5.41) is 7.49. The molecule has 0 aliphatic carbocycles. The number of thiazole rings is 1. The number of aromatic nitrogens is 1. The lowest BCUT2D eigenvalue weighted by Crippen LogP contribution is -2.44. The molecule has 0 radical (unpaired) electrons. The van der Waals surface area contributed by atoms with Crippen LogP contribution in [0.5, 0.6) is 0 Å². The van der Waals surface area contributed by atoms with Crippen LogP contribution in [-0.4, -0.2) is 42.5 Å². The van der Waals surface area contributed by atoms with Crippen molar-refractivity contribution in [2.45, 2.75) is 31.9 Å². The topological polar surface area (TPSA) is 147 Å². The number of ether oxygens (including phenoxy) is 1. The van der Waals surface area contributed by atoms with Gasteiger partial charge >= 0.3 is 16.4 Å².